The molecule has 1 fully saturated rings. The summed E-state index contributed by atoms with van der Waals surface area (Å²) in [6.45, 7) is 3.68. The van der Waals surface area contributed by atoms with E-state index in [-0.39, 0.29) is 12.1 Å². The molecule has 0 aromatic carbocycles. The Bertz CT molecular complexity index is 244. The lowest BCUT2D eigenvalue weighted by Gasteiger charge is -2.26. The van der Waals surface area contributed by atoms with Crippen molar-refractivity contribution < 1.29 is 9.53 Å². The third-order valence-electron chi connectivity index (χ3n) is 3.32. The van der Waals surface area contributed by atoms with Crippen LogP contribution in [0.1, 0.15) is 26.7 Å². The molecule has 0 N–H and O–H groups in total. The van der Waals surface area contributed by atoms with E-state index in [1.807, 2.05) is 0 Å². The summed E-state index contributed by atoms with van der Waals surface area (Å²) in [4.78, 5) is 10.9. The van der Waals surface area contributed by atoms with Gasteiger partial charge < -0.3 is 4.74 Å². The molecule has 0 aromatic heterocycles. The summed E-state index contributed by atoms with van der Waals surface area (Å²) in [6.07, 6.45) is 6.97. The van der Waals surface area contributed by atoms with E-state index in [1.165, 1.54) is 13.3 Å². The number of carbonyl (C=O) groups is 1. The predicted octanol–water partition coefficient (Wildman–Crippen LogP) is 2.15. The first kappa shape index (κ1) is 8.79. The minimum Gasteiger partial charge on any atom is -0.462 e. The fourth-order valence-electron chi connectivity index (χ4n) is 2.78. The van der Waals surface area contributed by atoms with Crippen LogP contribution in [0, 0.1) is 17.8 Å². The monoisotopic (exact) mass is 180 g/mol. The second kappa shape index (κ2) is 3.17. The second-order valence-electron chi connectivity index (χ2n) is 4.09. The van der Waals surface area contributed by atoms with Gasteiger partial charge in [-0.2, -0.15) is 0 Å². The number of fused-ring (bicyclic) bond motifs is 2. The Morgan fingerprint density at radius 2 is 2.15 bits per heavy atom. The van der Waals surface area contributed by atoms with Crippen LogP contribution < -0.4 is 0 Å². The largest absolute Gasteiger partial charge is 0.462 e. The van der Waals surface area contributed by atoms with Gasteiger partial charge in [0.15, 0.2) is 0 Å². The average Bonchev–Trinajstić information content (AvgIpc) is 2.62. The van der Waals surface area contributed by atoms with Crippen molar-refractivity contribution in [3.63, 3.8) is 0 Å². The third kappa shape index (κ3) is 1.38. The number of carbonyl (C=O) groups excluding carboxylic acids is 1. The molecule has 2 aliphatic rings. The zero-order valence-electron chi connectivity index (χ0n) is 8.19. The molecular formula is C11H16O2. The standard InChI is InChI=1S/C11H16O2/c1-3-10-8-4-5-9(6-8)11(10)13-7(2)12/h4-5,8-11H,3,6H2,1-2H3. The highest BCUT2D eigenvalue weighted by molar-refractivity contribution is 5.66. The third-order valence-corrected chi connectivity index (χ3v) is 3.32. The smallest absolute Gasteiger partial charge is 0.302 e. The van der Waals surface area contributed by atoms with Crippen molar-refractivity contribution in [1.82, 2.24) is 0 Å². The number of hydrogen-bond donors (Lipinski definition) is 0. The Morgan fingerprint density at radius 1 is 1.46 bits per heavy atom. The molecule has 0 spiro atoms. The molecule has 4 atom stereocenters. The number of rotatable bonds is 2. The SMILES string of the molecule is CCC1C2C=CC(C2)C1OC(C)=O. The summed E-state index contributed by atoms with van der Waals surface area (Å²) in [7, 11) is 0. The molecule has 2 bridgehead atoms. The topological polar surface area (TPSA) is 26.3 Å². The summed E-state index contributed by atoms with van der Waals surface area (Å²) in [5, 5.41) is 0. The Labute approximate surface area is 79.0 Å². The molecule has 0 heterocycles. The summed E-state index contributed by atoms with van der Waals surface area (Å²) in [6, 6.07) is 0. The fraction of sp³-hybridized carbons (Fsp3) is 0.727. The first-order valence-corrected chi connectivity index (χ1v) is 5.08. The Morgan fingerprint density at radius 3 is 2.77 bits per heavy atom. The first-order valence-electron chi connectivity index (χ1n) is 5.08. The Kier molecular flexibility index (Phi) is 2.14. The molecule has 2 nitrogen and oxygen atoms in total. The van der Waals surface area contributed by atoms with E-state index in [1.54, 1.807) is 0 Å². The van der Waals surface area contributed by atoms with Crippen LogP contribution in [-0.4, -0.2) is 12.1 Å². The lowest BCUT2D eigenvalue weighted by atomic mass is 9.89. The number of allylic oxidation sites excluding steroid dienone is 1. The van der Waals surface area contributed by atoms with Crippen LogP contribution in [0.2, 0.25) is 0 Å². The van der Waals surface area contributed by atoms with Gasteiger partial charge >= 0.3 is 5.97 Å². The van der Waals surface area contributed by atoms with Crippen LogP contribution in [0.5, 0.6) is 0 Å². The van der Waals surface area contributed by atoms with Crippen molar-refractivity contribution in [3.8, 4) is 0 Å². The van der Waals surface area contributed by atoms with Crippen LogP contribution in [0.15, 0.2) is 12.2 Å². The van der Waals surface area contributed by atoms with E-state index in [0.29, 0.717) is 17.8 Å². The highest BCUT2D eigenvalue weighted by Crippen LogP contribution is 2.46. The van der Waals surface area contributed by atoms with Gasteiger partial charge in [0.25, 0.3) is 0 Å². The summed E-state index contributed by atoms with van der Waals surface area (Å²) < 4.78 is 5.36. The van der Waals surface area contributed by atoms with Gasteiger partial charge in [-0.3, -0.25) is 4.79 Å². The van der Waals surface area contributed by atoms with Gasteiger partial charge in [0, 0.05) is 18.8 Å². The maximum absolute atomic E-state index is 10.9. The van der Waals surface area contributed by atoms with E-state index in [9.17, 15) is 4.79 Å². The molecule has 2 aliphatic carbocycles. The fourth-order valence-corrected chi connectivity index (χ4v) is 2.78. The molecule has 13 heavy (non-hydrogen) atoms. The molecule has 1 saturated carbocycles. The van der Waals surface area contributed by atoms with Crippen LogP contribution in [0.25, 0.3) is 0 Å². The lowest BCUT2D eigenvalue weighted by Crippen LogP contribution is -2.29. The molecule has 72 valence electrons. The summed E-state index contributed by atoms with van der Waals surface area (Å²) >= 11 is 0. The van der Waals surface area contributed by atoms with E-state index < -0.39 is 0 Å². The zero-order valence-corrected chi connectivity index (χ0v) is 8.19. The van der Waals surface area contributed by atoms with Crippen molar-refractivity contribution in [1.29, 1.82) is 0 Å². The minimum absolute atomic E-state index is 0.135. The van der Waals surface area contributed by atoms with E-state index in [4.69, 9.17) is 4.74 Å². The van der Waals surface area contributed by atoms with Gasteiger partial charge in [0.1, 0.15) is 6.10 Å². The molecule has 2 rings (SSSR count). The van der Waals surface area contributed by atoms with Gasteiger partial charge in [-0.15, -0.1) is 0 Å². The van der Waals surface area contributed by atoms with Crippen molar-refractivity contribution >= 4 is 5.97 Å². The average molecular weight is 180 g/mol. The molecule has 0 aliphatic heterocycles. The molecule has 4 unspecified atom stereocenters. The minimum atomic E-state index is -0.135. The Balaban J connectivity index is 2.09. The van der Waals surface area contributed by atoms with Crippen LogP contribution in [-0.2, 0) is 9.53 Å². The Hall–Kier alpha value is -0.790. The van der Waals surface area contributed by atoms with Crippen molar-refractivity contribution in [3.05, 3.63) is 12.2 Å². The van der Waals surface area contributed by atoms with Gasteiger partial charge in [-0.25, -0.2) is 0 Å². The normalized spacial score (nSPS) is 41.1. The number of hydrogen-bond acceptors (Lipinski definition) is 2. The molecular weight excluding hydrogens is 164 g/mol. The van der Waals surface area contributed by atoms with Crippen LogP contribution in [0.3, 0.4) is 0 Å². The maximum Gasteiger partial charge on any atom is 0.302 e. The van der Waals surface area contributed by atoms with Crippen molar-refractivity contribution in [2.45, 2.75) is 32.8 Å². The van der Waals surface area contributed by atoms with Crippen molar-refractivity contribution in [2.24, 2.45) is 17.8 Å². The maximum atomic E-state index is 10.9. The van der Waals surface area contributed by atoms with E-state index >= 15 is 0 Å². The molecule has 2 heteroatoms. The van der Waals surface area contributed by atoms with Crippen LogP contribution >= 0.6 is 0 Å². The number of esters is 1. The summed E-state index contributed by atoms with van der Waals surface area (Å²) in [5.41, 5.74) is 0. The highest BCUT2D eigenvalue weighted by Gasteiger charge is 2.45. The lowest BCUT2D eigenvalue weighted by molar-refractivity contribution is -0.150. The molecule has 0 aromatic rings. The number of ether oxygens (including phenoxy) is 1. The summed E-state index contributed by atoms with van der Waals surface area (Å²) in [5.74, 6) is 1.60. The van der Waals surface area contributed by atoms with Gasteiger partial charge in [0.2, 0.25) is 0 Å². The molecule has 0 saturated heterocycles. The second-order valence-corrected chi connectivity index (χ2v) is 4.09. The highest BCUT2D eigenvalue weighted by atomic mass is 16.5. The van der Waals surface area contributed by atoms with E-state index in [2.05, 4.69) is 19.1 Å². The van der Waals surface area contributed by atoms with Crippen LogP contribution in [0.4, 0.5) is 0 Å². The van der Waals surface area contributed by atoms with Gasteiger partial charge in [-0.05, 0) is 18.8 Å². The van der Waals surface area contributed by atoms with Gasteiger partial charge in [-0.1, -0.05) is 19.1 Å². The quantitative estimate of drug-likeness (QED) is 0.481. The van der Waals surface area contributed by atoms with Gasteiger partial charge in [0.05, 0.1) is 0 Å². The first-order chi connectivity index (χ1) is 6.22. The molecule has 0 radical (unpaired) electrons. The predicted molar refractivity (Wildman–Crippen MR) is 50.1 cm³/mol. The zero-order chi connectivity index (χ0) is 9.42. The van der Waals surface area contributed by atoms with Crippen molar-refractivity contribution in [2.75, 3.05) is 0 Å². The van der Waals surface area contributed by atoms with E-state index in [0.717, 1.165) is 6.42 Å². The molecule has 0 amide bonds.